The van der Waals surface area contributed by atoms with E-state index in [0.717, 1.165) is 42.8 Å². The molecule has 0 aliphatic carbocycles. The summed E-state index contributed by atoms with van der Waals surface area (Å²) >= 11 is 0. The van der Waals surface area contributed by atoms with E-state index in [0.29, 0.717) is 0 Å². The highest BCUT2D eigenvalue weighted by atomic mass is 16.4. The zero-order valence-electron chi connectivity index (χ0n) is 9.97. The van der Waals surface area contributed by atoms with Gasteiger partial charge in [-0.3, -0.25) is 0 Å². The van der Waals surface area contributed by atoms with Gasteiger partial charge in [0.2, 0.25) is 5.82 Å². The van der Waals surface area contributed by atoms with E-state index in [9.17, 15) is 9.90 Å². The van der Waals surface area contributed by atoms with E-state index in [-0.39, 0.29) is 5.82 Å². The number of hydrogen-bond donors (Lipinski definition) is 1. The number of imidazole rings is 1. The van der Waals surface area contributed by atoms with E-state index < -0.39 is 5.97 Å². The number of rotatable bonds is 2. The molecule has 0 atom stereocenters. The minimum atomic E-state index is -0.944. The molecular weight excluding hydrogens is 228 g/mol. The van der Waals surface area contributed by atoms with Gasteiger partial charge in [0, 0.05) is 17.8 Å². The van der Waals surface area contributed by atoms with Gasteiger partial charge in [-0.25, -0.2) is 9.78 Å². The first-order valence-corrected chi connectivity index (χ1v) is 6.15. The number of aromatic nitrogens is 2. The molecule has 0 saturated carbocycles. The van der Waals surface area contributed by atoms with Crippen LogP contribution in [0.15, 0.2) is 30.3 Å². The topological polar surface area (TPSA) is 55.1 Å². The molecule has 92 valence electrons. The first-order chi connectivity index (χ1) is 8.77. The summed E-state index contributed by atoms with van der Waals surface area (Å²) in [6.07, 6.45) is 3.03. The smallest absolute Gasteiger partial charge is 0.372 e. The molecule has 4 nitrogen and oxygen atoms in total. The number of aromatic carboxylic acids is 1. The maximum absolute atomic E-state index is 11.2. The Morgan fingerprint density at radius 3 is 2.72 bits per heavy atom. The second-order valence-corrected chi connectivity index (χ2v) is 4.51. The molecule has 3 rings (SSSR count). The summed E-state index contributed by atoms with van der Waals surface area (Å²) in [6.45, 7) is 0.761. The summed E-state index contributed by atoms with van der Waals surface area (Å²) in [6, 6.07) is 9.80. The molecule has 0 spiro atoms. The normalized spacial score (nSPS) is 14.2. The molecule has 18 heavy (non-hydrogen) atoms. The molecule has 4 heteroatoms. The van der Waals surface area contributed by atoms with Gasteiger partial charge in [0.05, 0.1) is 5.69 Å². The average Bonchev–Trinajstić information content (AvgIpc) is 2.79. The van der Waals surface area contributed by atoms with Crippen molar-refractivity contribution in [2.45, 2.75) is 25.8 Å². The summed E-state index contributed by atoms with van der Waals surface area (Å²) in [5.41, 5.74) is 2.88. The fourth-order valence-corrected chi connectivity index (χ4v) is 2.53. The van der Waals surface area contributed by atoms with Crippen LogP contribution in [0.2, 0.25) is 0 Å². The Balaban J connectivity index is 2.18. The van der Waals surface area contributed by atoms with Gasteiger partial charge in [-0.2, -0.15) is 0 Å². The first kappa shape index (κ1) is 11.0. The molecule has 0 amide bonds. The second-order valence-electron chi connectivity index (χ2n) is 4.51. The Morgan fingerprint density at radius 1 is 1.22 bits per heavy atom. The van der Waals surface area contributed by atoms with E-state index in [1.165, 1.54) is 0 Å². The number of fused-ring (bicyclic) bond motifs is 1. The molecule has 0 fully saturated rings. The maximum Gasteiger partial charge on any atom is 0.372 e. The zero-order chi connectivity index (χ0) is 12.5. The molecule has 2 heterocycles. The van der Waals surface area contributed by atoms with Gasteiger partial charge in [-0.1, -0.05) is 30.3 Å². The SMILES string of the molecule is O=C(O)c1nc(-c2ccccc2)c2n1CCCC2. The highest BCUT2D eigenvalue weighted by Crippen LogP contribution is 2.28. The van der Waals surface area contributed by atoms with Crippen LogP contribution in [0.25, 0.3) is 11.3 Å². The molecule has 2 aromatic rings. The number of hydrogen-bond acceptors (Lipinski definition) is 2. The summed E-state index contributed by atoms with van der Waals surface area (Å²) in [4.78, 5) is 15.6. The minimum absolute atomic E-state index is 0.170. The van der Waals surface area contributed by atoms with Crippen LogP contribution >= 0.6 is 0 Å². The van der Waals surface area contributed by atoms with Crippen LogP contribution in [0.4, 0.5) is 0 Å². The Kier molecular flexibility index (Phi) is 2.63. The van der Waals surface area contributed by atoms with Gasteiger partial charge in [0.1, 0.15) is 0 Å². The van der Waals surface area contributed by atoms with Crippen LogP contribution in [0.3, 0.4) is 0 Å². The van der Waals surface area contributed by atoms with E-state index in [4.69, 9.17) is 0 Å². The molecule has 1 aliphatic rings. The zero-order valence-corrected chi connectivity index (χ0v) is 9.97. The highest BCUT2D eigenvalue weighted by molar-refractivity contribution is 5.85. The summed E-state index contributed by atoms with van der Waals surface area (Å²) in [5, 5.41) is 9.22. The number of carbonyl (C=O) groups is 1. The molecule has 1 aliphatic heterocycles. The average molecular weight is 242 g/mol. The highest BCUT2D eigenvalue weighted by Gasteiger charge is 2.24. The van der Waals surface area contributed by atoms with Gasteiger partial charge in [0.25, 0.3) is 0 Å². The molecule has 0 bridgehead atoms. The molecule has 1 aromatic carbocycles. The Bertz CT molecular complexity index is 587. The maximum atomic E-state index is 11.2. The second kappa shape index (κ2) is 4.29. The Labute approximate surface area is 105 Å². The molecule has 1 N–H and O–H groups in total. The van der Waals surface area contributed by atoms with Crippen molar-refractivity contribution in [1.29, 1.82) is 0 Å². The van der Waals surface area contributed by atoms with Gasteiger partial charge in [-0.05, 0) is 19.3 Å². The predicted octanol–water partition coefficient (Wildman–Crippen LogP) is 2.58. The Morgan fingerprint density at radius 2 is 2.00 bits per heavy atom. The van der Waals surface area contributed by atoms with Crippen LogP contribution in [0.5, 0.6) is 0 Å². The Hall–Kier alpha value is -2.10. The number of nitrogens with zero attached hydrogens (tertiary/aromatic N) is 2. The number of benzene rings is 1. The van der Waals surface area contributed by atoms with E-state index in [2.05, 4.69) is 4.98 Å². The fourth-order valence-electron chi connectivity index (χ4n) is 2.53. The molecule has 0 unspecified atom stereocenters. The predicted molar refractivity (Wildman–Crippen MR) is 67.6 cm³/mol. The summed E-state index contributed by atoms with van der Waals surface area (Å²) in [5.74, 6) is -0.774. The molecule has 0 radical (unpaired) electrons. The lowest BCUT2D eigenvalue weighted by Gasteiger charge is -2.16. The molecule has 1 aromatic heterocycles. The number of carboxylic acid groups (broad SMARTS) is 1. The van der Waals surface area contributed by atoms with Crippen molar-refractivity contribution >= 4 is 5.97 Å². The van der Waals surface area contributed by atoms with Crippen LogP contribution in [0, 0.1) is 0 Å². The van der Waals surface area contributed by atoms with Crippen molar-refractivity contribution in [2.24, 2.45) is 0 Å². The lowest BCUT2D eigenvalue weighted by atomic mass is 10.0. The van der Waals surface area contributed by atoms with Crippen LogP contribution < -0.4 is 0 Å². The van der Waals surface area contributed by atoms with Crippen LogP contribution in [-0.2, 0) is 13.0 Å². The third kappa shape index (κ3) is 1.70. The van der Waals surface area contributed by atoms with Gasteiger partial charge >= 0.3 is 5.97 Å². The van der Waals surface area contributed by atoms with Crippen LogP contribution in [0.1, 0.15) is 29.2 Å². The third-order valence-corrected chi connectivity index (χ3v) is 3.36. The van der Waals surface area contributed by atoms with Crippen molar-refractivity contribution in [2.75, 3.05) is 0 Å². The van der Waals surface area contributed by atoms with E-state index in [1.54, 1.807) is 0 Å². The molecule has 0 saturated heterocycles. The van der Waals surface area contributed by atoms with Crippen molar-refractivity contribution in [3.8, 4) is 11.3 Å². The standard InChI is InChI=1S/C14H14N2O2/c17-14(18)13-15-12(10-6-2-1-3-7-10)11-8-4-5-9-16(11)13/h1-3,6-7H,4-5,8-9H2,(H,17,18). The van der Waals surface area contributed by atoms with Crippen molar-refractivity contribution in [3.63, 3.8) is 0 Å². The summed E-state index contributed by atoms with van der Waals surface area (Å²) in [7, 11) is 0. The van der Waals surface area contributed by atoms with Crippen molar-refractivity contribution in [1.82, 2.24) is 9.55 Å². The summed E-state index contributed by atoms with van der Waals surface area (Å²) < 4.78 is 1.86. The van der Waals surface area contributed by atoms with E-state index in [1.807, 2.05) is 34.9 Å². The van der Waals surface area contributed by atoms with Gasteiger partial charge in [0.15, 0.2) is 0 Å². The lowest BCUT2D eigenvalue weighted by molar-refractivity contribution is 0.0677. The van der Waals surface area contributed by atoms with Gasteiger partial charge in [-0.15, -0.1) is 0 Å². The van der Waals surface area contributed by atoms with Gasteiger partial charge < -0.3 is 9.67 Å². The van der Waals surface area contributed by atoms with E-state index >= 15 is 0 Å². The lowest BCUT2D eigenvalue weighted by Crippen LogP contribution is -2.16. The van der Waals surface area contributed by atoms with Crippen LogP contribution in [-0.4, -0.2) is 20.6 Å². The monoisotopic (exact) mass is 242 g/mol. The third-order valence-electron chi connectivity index (χ3n) is 3.36. The quantitative estimate of drug-likeness (QED) is 0.880. The first-order valence-electron chi connectivity index (χ1n) is 6.15. The molecular formula is C14H14N2O2. The minimum Gasteiger partial charge on any atom is -0.475 e. The van der Waals surface area contributed by atoms with Crippen molar-refractivity contribution < 1.29 is 9.90 Å². The number of carboxylic acids is 1. The largest absolute Gasteiger partial charge is 0.475 e. The fraction of sp³-hybridized carbons (Fsp3) is 0.286. The van der Waals surface area contributed by atoms with Crippen molar-refractivity contribution in [3.05, 3.63) is 41.9 Å².